The van der Waals surface area contributed by atoms with Crippen LogP contribution in [0, 0.1) is 0 Å². The SMILES string of the molecule is Brc1ccsc1Br.Brc1ccsc1C1OCCO1.O=C(O)c1sccc1-c1ccccc1.O=Cc1sccc1-c1ccccc1.O=Cc1sccc1B(O)O.O=Cc1sccc1Br.O=c1[nH]c2sccc2c2ccccc12. The van der Waals surface area contributed by atoms with E-state index in [-0.39, 0.29) is 17.3 Å². The van der Waals surface area contributed by atoms with Crippen molar-refractivity contribution >= 4 is 201 Å². The van der Waals surface area contributed by atoms with Gasteiger partial charge in [-0.2, -0.15) is 0 Å². The smallest absolute Gasteiger partial charge is 0.477 e. The quantitative estimate of drug-likeness (QED) is 0.0845. The van der Waals surface area contributed by atoms with E-state index in [0.29, 0.717) is 29.3 Å². The Kier molecular flexibility index (Phi) is 25.9. The second kappa shape index (κ2) is 32.4. The number of aromatic nitrogens is 1. The molecule has 1 aliphatic heterocycles. The number of thiophene rings is 7. The van der Waals surface area contributed by atoms with Crippen molar-refractivity contribution in [2.45, 2.75) is 6.29 Å². The molecule has 0 atom stereocenters. The van der Waals surface area contributed by atoms with Crippen LogP contribution in [-0.4, -0.2) is 65.3 Å². The maximum Gasteiger partial charge on any atom is 0.490 e. The molecule has 0 spiro atoms. The molecule has 0 radical (unpaired) electrons. The van der Waals surface area contributed by atoms with Crippen LogP contribution >= 0.6 is 143 Å². The molecule has 0 bridgehead atoms. The number of carbonyl (C=O) groups excluding carboxylic acids is 3. The van der Waals surface area contributed by atoms with Gasteiger partial charge in [-0.15, -0.1) is 79.4 Å². The molecule has 11 aromatic rings. The van der Waals surface area contributed by atoms with E-state index in [4.69, 9.17) is 24.6 Å². The predicted molar refractivity (Wildman–Crippen MR) is 335 cm³/mol. The Labute approximate surface area is 503 Å². The summed E-state index contributed by atoms with van der Waals surface area (Å²) in [5.41, 5.74) is 4.15. The highest BCUT2D eigenvalue weighted by Crippen LogP contribution is 2.34. The van der Waals surface area contributed by atoms with Crippen molar-refractivity contribution in [3.05, 3.63) is 217 Å². The highest BCUT2D eigenvalue weighted by atomic mass is 79.9. The molecule has 8 aromatic heterocycles. The average molecular weight is 1420 g/mol. The van der Waals surface area contributed by atoms with Gasteiger partial charge in [0, 0.05) is 40.8 Å². The number of rotatable bonds is 8. The first-order chi connectivity index (χ1) is 37.3. The molecular formula is C54H40BBr4NO10S7. The van der Waals surface area contributed by atoms with Crippen molar-refractivity contribution in [3.8, 4) is 22.3 Å². The molecule has 0 unspecified atom stereocenters. The highest BCUT2D eigenvalue weighted by molar-refractivity contribution is 9.13. The van der Waals surface area contributed by atoms with E-state index in [1.165, 1.54) is 51.4 Å². The second-order valence-electron chi connectivity index (χ2n) is 14.9. The van der Waals surface area contributed by atoms with Gasteiger partial charge in [-0.1, -0.05) is 84.9 Å². The number of pyridine rings is 1. The van der Waals surface area contributed by atoms with E-state index < -0.39 is 13.1 Å². The number of fused-ring (bicyclic) bond motifs is 3. The molecule has 12 rings (SSSR count). The third-order valence-corrected chi connectivity index (χ3v) is 20.4. The summed E-state index contributed by atoms with van der Waals surface area (Å²) < 4.78 is 14.9. The molecular weight excluding hydrogens is 1380 g/mol. The van der Waals surface area contributed by atoms with Gasteiger partial charge in [-0.25, -0.2) is 4.79 Å². The number of hydrogen-bond acceptors (Lipinski definition) is 16. The molecule has 394 valence electrons. The predicted octanol–water partition coefficient (Wildman–Crippen LogP) is 16.5. The number of aldehydes is 3. The first-order valence-corrected chi connectivity index (χ1v) is 31.5. The summed E-state index contributed by atoms with van der Waals surface area (Å²) in [4.78, 5) is 60.7. The number of ether oxygens (including phenoxy) is 2. The lowest BCUT2D eigenvalue weighted by atomic mass is 9.81. The summed E-state index contributed by atoms with van der Waals surface area (Å²) in [6.07, 6.45) is 2.23. The maximum atomic E-state index is 11.6. The van der Waals surface area contributed by atoms with Crippen molar-refractivity contribution in [1.29, 1.82) is 0 Å². The Balaban J connectivity index is 0.000000147. The zero-order valence-corrected chi connectivity index (χ0v) is 51.6. The fourth-order valence-electron chi connectivity index (χ4n) is 6.58. The molecule has 1 fully saturated rings. The van der Waals surface area contributed by atoms with E-state index in [9.17, 15) is 24.0 Å². The zero-order valence-electron chi connectivity index (χ0n) is 39.5. The number of aromatic carboxylic acids is 1. The molecule has 0 aliphatic carbocycles. The Morgan fingerprint density at radius 2 is 1.04 bits per heavy atom. The molecule has 11 nitrogen and oxygen atoms in total. The fraction of sp³-hybridized carbons (Fsp3) is 0.0556. The Bertz CT molecular complexity index is 3620. The standard InChI is InChI=1S/C11H7NOS.C11H8O2S.C11H8OS.C7H7BrO2S.C5H5BO3S.C5H3BrOS.C4H2Br2S/c13-10-8-4-2-1-3-7(8)9-5-6-14-11(9)12-10;12-11(13)10-9(6-7-14-10)8-4-2-1-3-5-8;12-8-11-10(6-7-13-11)9-4-2-1-3-5-9;8-5-1-4-11-6(5)7-9-2-3-10-7;7-3-5-4(6(8)9)1-2-10-5;6-4-1-2-8-5(4)3-7;5-3-1-2-7-4(3)6/h1-6H,(H,12,13);1-7H,(H,12,13);1-8H;1,4,7H,2-3H2;1-3,8-9H;1-3H;1-2H. The van der Waals surface area contributed by atoms with Gasteiger partial charge in [0.25, 0.3) is 5.56 Å². The number of H-pyrrole nitrogens is 1. The number of aromatic amines is 1. The van der Waals surface area contributed by atoms with Crippen LogP contribution in [0.3, 0.4) is 0 Å². The molecule has 0 saturated carbocycles. The number of benzene rings is 3. The summed E-state index contributed by atoms with van der Waals surface area (Å²) in [7, 11) is -1.54. The summed E-state index contributed by atoms with van der Waals surface area (Å²) in [6.45, 7) is 1.41. The van der Waals surface area contributed by atoms with Crippen molar-refractivity contribution in [2.24, 2.45) is 0 Å². The third-order valence-electron chi connectivity index (χ3n) is 10.1. The largest absolute Gasteiger partial charge is 0.490 e. The summed E-state index contributed by atoms with van der Waals surface area (Å²) >= 11 is 23.5. The van der Waals surface area contributed by atoms with Crippen LogP contribution in [0.25, 0.3) is 43.2 Å². The number of carboxylic acids is 1. The molecule has 23 heteroatoms. The topological polar surface area (TPSA) is 180 Å². The van der Waals surface area contributed by atoms with Gasteiger partial charge >= 0.3 is 13.1 Å². The Morgan fingerprint density at radius 3 is 1.56 bits per heavy atom. The number of carbonyl (C=O) groups is 4. The minimum absolute atomic E-state index is 0.00412. The van der Waals surface area contributed by atoms with E-state index in [1.54, 1.807) is 44.8 Å². The minimum Gasteiger partial charge on any atom is -0.477 e. The lowest BCUT2D eigenvalue weighted by Gasteiger charge is -2.05. The van der Waals surface area contributed by atoms with Crippen LogP contribution in [0.15, 0.2) is 187 Å². The number of nitrogens with one attached hydrogen (secondary N) is 1. The van der Waals surface area contributed by atoms with Gasteiger partial charge in [-0.05, 0) is 160 Å². The van der Waals surface area contributed by atoms with E-state index >= 15 is 0 Å². The van der Waals surface area contributed by atoms with Crippen molar-refractivity contribution < 1.29 is 43.8 Å². The molecule has 1 saturated heterocycles. The molecule has 9 heterocycles. The summed E-state index contributed by atoms with van der Waals surface area (Å²) in [6, 6.07) is 40.4. The van der Waals surface area contributed by atoms with Crippen LogP contribution in [0.1, 0.15) is 49.9 Å². The van der Waals surface area contributed by atoms with Crippen LogP contribution in [0.2, 0.25) is 0 Å². The molecule has 1 aliphatic rings. The van der Waals surface area contributed by atoms with Gasteiger partial charge in [-0.3, -0.25) is 19.2 Å². The monoisotopic (exact) mass is 1410 g/mol. The van der Waals surface area contributed by atoms with Gasteiger partial charge in [0.2, 0.25) is 0 Å². The van der Waals surface area contributed by atoms with Crippen molar-refractivity contribution in [1.82, 2.24) is 4.98 Å². The maximum absolute atomic E-state index is 11.6. The van der Waals surface area contributed by atoms with Crippen molar-refractivity contribution in [2.75, 3.05) is 13.2 Å². The second-order valence-corrected chi connectivity index (χ2v) is 25.3. The van der Waals surface area contributed by atoms with Crippen LogP contribution in [0.5, 0.6) is 0 Å². The van der Waals surface area contributed by atoms with Gasteiger partial charge < -0.3 is 29.6 Å². The molecule has 3 aromatic carbocycles. The number of carboxylic acid groups (broad SMARTS) is 1. The van der Waals surface area contributed by atoms with Crippen LogP contribution < -0.4 is 11.0 Å². The van der Waals surface area contributed by atoms with Gasteiger partial charge in [0.05, 0.1) is 36.5 Å². The van der Waals surface area contributed by atoms with E-state index in [2.05, 4.69) is 68.7 Å². The Morgan fingerprint density at radius 1 is 0.532 bits per heavy atom. The van der Waals surface area contributed by atoms with E-state index in [0.717, 1.165) is 87.7 Å². The van der Waals surface area contributed by atoms with Crippen LogP contribution in [0.4, 0.5) is 0 Å². The molecule has 4 N–H and O–H groups in total. The van der Waals surface area contributed by atoms with E-state index in [1.807, 2.05) is 148 Å². The lowest BCUT2D eigenvalue weighted by Crippen LogP contribution is -2.30. The zero-order chi connectivity index (χ0) is 55.1. The Hall–Kier alpha value is -4.67. The average Bonchev–Trinajstić information content (AvgIpc) is 4.30. The van der Waals surface area contributed by atoms with Gasteiger partial charge in [0.15, 0.2) is 25.1 Å². The van der Waals surface area contributed by atoms with Gasteiger partial charge in [0.1, 0.15) is 9.71 Å². The van der Waals surface area contributed by atoms with Crippen LogP contribution in [-0.2, 0) is 9.47 Å². The normalized spacial score (nSPS) is 11.3. The van der Waals surface area contributed by atoms with Crippen molar-refractivity contribution in [3.63, 3.8) is 0 Å². The molecule has 0 amide bonds. The fourth-order valence-corrected chi connectivity index (χ4v) is 13.9. The highest BCUT2D eigenvalue weighted by Gasteiger charge is 2.21. The lowest BCUT2D eigenvalue weighted by molar-refractivity contribution is -0.0418. The summed E-state index contributed by atoms with van der Waals surface area (Å²) in [5, 5.41) is 42.4. The third kappa shape index (κ3) is 18.2. The first-order valence-electron chi connectivity index (χ1n) is 22.2. The number of halogens is 4. The molecule has 77 heavy (non-hydrogen) atoms. The minimum atomic E-state index is -1.54. The number of hydrogen-bond donors (Lipinski definition) is 4. The first kappa shape index (κ1) is 61.5. The summed E-state index contributed by atoms with van der Waals surface area (Å²) in [5.74, 6) is -0.862.